The van der Waals surface area contributed by atoms with E-state index in [4.69, 9.17) is 5.73 Å². The van der Waals surface area contributed by atoms with Gasteiger partial charge in [0.1, 0.15) is 0 Å². The minimum absolute atomic E-state index is 0.208. The van der Waals surface area contributed by atoms with E-state index in [9.17, 15) is 8.42 Å². The van der Waals surface area contributed by atoms with Crippen LogP contribution in [-0.2, 0) is 9.84 Å². The summed E-state index contributed by atoms with van der Waals surface area (Å²) in [6, 6.07) is 0.208. The van der Waals surface area contributed by atoms with Gasteiger partial charge in [-0.3, -0.25) is 0 Å². The zero-order chi connectivity index (χ0) is 13.1. The summed E-state index contributed by atoms with van der Waals surface area (Å²) in [7, 11) is -2.91. The van der Waals surface area contributed by atoms with Crippen LogP contribution in [0, 0.1) is 5.92 Å². The van der Waals surface area contributed by atoms with Gasteiger partial charge in [-0.15, -0.1) is 0 Å². The van der Waals surface area contributed by atoms with Crippen LogP contribution in [0.25, 0.3) is 0 Å². The van der Waals surface area contributed by atoms with Crippen molar-refractivity contribution >= 4 is 9.84 Å². The number of piperidine rings is 1. The van der Waals surface area contributed by atoms with E-state index >= 15 is 0 Å². The van der Waals surface area contributed by atoms with E-state index in [1.807, 2.05) is 6.92 Å². The maximum atomic E-state index is 11.7. The number of nitrogens with zero attached hydrogens (tertiary/aromatic N) is 1. The summed E-state index contributed by atoms with van der Waals surface area (Å²) in [4.78, 5) is 2.25. The van der Waals surface area contributed by atoms with Crippen LogP contribution >= 0.6 is 0 Å². The van der Waals surface area contributed by atoms with Crippen LogP contribution < -0.4 is 5.73 Å². The standard InChI is InChI=1S/C12H26N2O2S/c1-10(2)17(15,16)8-7-14-6-4-5-12(9-14)11(3)13/h10-12H,4-9,13H2,1-3H3. The molecule has 1 aliphatic rings. The summed E-state index contributed by atoms with van der Waals surface area (Å²) in [5.41, 5.74) is 5.91. The van der Waals surface area contributed by atoms with Crippen molar-refractivity contribution < 1.29 is 8.42 Å². The van der Waals surface area contributed by atoms with Crippen LogP contribution in [0.3, 0.4) is 0 Å². The molecule has 1 fully saturated rings. The number of likely N-dealkylation sites (tertiary alicyclic amines) is 1. The Labute approximate surface area is 105 Å². The fourth-order valence-corrected chi connectivity index (χ4v) is 3.20. The summed E-state index contributed by atoms with van der Waals surface area (Å²) in [5.74, 6) is 0.793. The van der Waals surface area contributed by atoms with Crippen LogP contribution in [0.2, 0.25) is 0 Å². The Morgan fingerprint density at radius 3 is 2.53 bits per heavy atom. The van der Waals surface area contributed by atoms with Crippen LogP contribution in [0.4, 0.5) is 0 Å². The molecule has 2 unspecified atom stereocenters. The van der Waals surface area contributed by atoms with Gasteiger partial charge in [0.15, 0.2) is 9.84 Å². The minimum atomic E-state index is -2.91. The molecule has 0 radical (unpaired) electrons. The summed E-state index contributed by atoms with van der Waals surface area (Å²) >= 11 is 0. The third-order valence-electron chi connectivity index (χ3n) is 3.70. The van der Waals surface area contributed by atoms with Crippen molar-refractivity contribution in [3.63, 3.8) is 0 Å². The lowest BCUT2D eigenvalue weighted by Crippen LogP contribution is -2.44. The molecule has 0 spiro atoms. The monoisotopic (exact) mass is 262 g/mol. The molecule has 1 rings (SSSR count). The second-order valence-corrected chi connectivity index (χ2v) is 8.15. The average Bonchev–Trinajstić information content (AvgIpc) is 2.26. The molecule has 0 saturated carbocycles. The van der Waals surface area contributed by atoms with Gasteiger partial charge in [0.05, 0.1) is 11.0 Å². The molecule has 0 aromatic carbocycles. The third kappa shape index (κ3) is 4.56. The maximum absolute atomic E-state index is 11.7. The van der Waals surface area contributed by atoms with Crippen LogP contribution in [0.15, 0.2) is 0 Å². The quantitative estimate of drug-likeness (QED) is 0.798. The van der Waals surface area contributed by atoms with Crippen molar-refractivity contribution in [3.05, 3.63) is 0 Å². The SMILES string of the molecule is CC(N)C1CCCN(CCS(=O)(=O)C(C)C)C1. The maximum Gasteiger partial charge on any atom is 0.153 e. The van der Waals surface area contributed by atoms with Crippen LogP contribution in [-0.4, -0.2) is 50.0 Å². The van der Waals surface area contributed by atoms with Gasteiger partial charge < -0.3 is 10.6 Å². The van der Waals surface area contributed by atoms with Gasteiger partial charge in [-0.25, -0.2) is 8.42 Å². The first-order valence-corrected chi connectivity index (χ1v) is 8.24. The lowest BCUT2D eigenvalue weighted by molar-refractivity contribution is 0.169. The summed E-state index contributed by atoms with van der Waals surface area (Å²) in [6.45, 7) is 8.15. The number of nitrogens with two attached hydrogens (primary N) is 1. The normalized spacial score (nSPS) is 25.1. The molecule has 0 aliphatic carbocycles. The van der Waals surface area contributed by atoms with Crippen molar-refractivity contribution in [2.24, 2.45) is 11.7 Å². The van der Waals surface area contributed by atoms with Crippen LogP contribution in [0.5, 0.6) is 0 Å². The fourth-order valence-electron chi connectivity index (χ4n) is 2.22. The Bertz CT molecular complexity index is 325. The van der Waals surface area contributed by atoms with Crippen molar-refractivity contribution in [3.8, 4) is 0 Å². The fraction of sp³-hybridized carbons (Fsp3) is 1.00. The zero-order valence-electron chi connectivity index (χ0n) is 11.2. The Kier molecular flexibility index (Phi) is 5.41. The number of sulfone groups is 1. The highest BCUT2D eigenvalue weighted by molar-refractivity contribution is 7.92. The molecule has 1 aliphatic heterocycles. The van der Waals surface area contributed by atoms with Gasteiger partial charge >= 0.3 is 0 Å². The molecule has 4 nitrogen and oxygen atoms in total. The molecule has 0 aromatic heterocycles. The van der Waals surface area contributed by atoms with Gasteiger partial charge in [-0.05, 0) is 46.1 Å². The van der Waals surface area contributed by atoms with Crippen molar-refractivity contribution in [2.45, 2.75) is 44.9 Å². The first-order valence-electron chi connectivity index (χ1n) is 6.52. The van der Waals surface area contributed by atoms with Gasteiger partial charge in [-0.2, -0.15) is 0 Å². The van der Waals surface area contributed by atoms with Gasteiger partial charge in [0.2, 0.25) is 0 Å². The largest absolute Gasteiger partial charge is 0.328 e. The molecular formula is C12H26N2O2S. The Balaban J connectivity index is 2.42. The molecule has 0 bridgehead atoms. The Morgan fingerprint density at radius 1 is 1.35 bits per heavy atom. The molecule has 102 valence electrons. The molecule has 5 heteroatoms. The van der Waals surface area contributed by atoms with Gasteiger partial charge in [0.25, 0.3) is 0 Å². The second kappa shape index (κ2) is 6.16. The lowest BCUT2D eigenvalue weighted by atomic mass is 9.92. The molecule has 17 heavy (non-hydrogen) atoms. The minimum Gasteiger partial charge on any atom is -0.328 e. The first-order chi connectivity index (χ1) is 7.83. The van der Waals surface area contributed by atoms with Crippen LogP contribution in [0.1, 0.15) is 33.6 Å². The van der Waals surface area contributed by atoms with Crippen molar-refractivity contribution in [1.82, 2.24) is 4.90 Å². The highest BCUT2D eigenvalue weighted by Crippen LogP contribution is 2.18. The summed E-state index contributed by atoms with van der Waals surface area (Å²) < 4.78 is 23.5. The Morgan fingerprint density at radius 2 is 2.00 bits per heavy atom. The van der Waals surface area contributed by atoms with Crippen molar-refractivity contribution in [2.75, 3.05) is 25.4 Å². The molecule has 0 aromatic rings. The molecule has 1 saturated heterocycles. The number of hydrogen-bond acceptors (Lipinski definition) is 4. The van der Waals surface area contributed by atoms with E-state index in [0.717, 1.165) is 19.5 Å². The van der Waals surface area contributed by atoms with E-state index in [2.05, 4.69) is 4.90 Å². The number of rotatable bonds is 5. The number of hydrogen-bond donors (Lipinski definition) is 1. The third-order valence-corrected chi connectivity index (χ3v) is 5.88. The van der Waals surface area contributed by atoms with Gasteiger partial charge in [-0.1, -0.05) is 0 Å². The second-order valence-electron chi connectivity index (χ2n) is 5.48. The highest BCUT2D eigenvalue weighted by Gasteiger charge is 2.24. The molecular weight excluding hydrogens is 236 g/mol. The lowest BCUT2D eigenvalue weighted by Gasteiger charge is -2.34. The smallest absolute Gasteiger partial charge is 0.153 e. The summed E-state index contributed by atoms with van der Waals surface area (Å²) in [5, 5.41) is -0.267. The topological polar surface area (TPSA) is 63.4 Å². The van der Waals surface area contributed by atoms with E-state index in [0.29, 0.717) is 12.5 Å². The van der Waals surface area contributed by atoms with E-state index < -0.39 is 9.84 Å². The van der Waals surface area contributed by atoms with Crippen molar-refractivity contribution in [1.29, 1.82) is 0 Å². The highest BCUT2D eigenvalue weighted by atomic mass is 32.2. The zero-order valence-corrected chi connectivity index (χ0v) is 12.0. The molecule has 2 atom stereocenters. The first kappa shape index (κ1) is 14.9. The average molecular weight is 262 g/mol. The van der Waals surface area contributed by atoms with E-state index in [-0.39, 0.29) is 17.0 Å². The molecule has 1 heterocycles. The van der Waals surface area contributed by atoms with E-state index in [1.54, 1.807) is 13.8 Å². The van der Waals surface area contributed by atoms with E-state index in [1.165, 1.54) is 6.42 Å². The predicted molar refractivity (Wildman–Crippen MR) is 71.7 cm³/mol. The summed E-state index contributed by atoms with van der Waals surface area (Å²) in [6.07, 6.45) is 2.30. The molecule has 2 N–H and O–H groups in total. The van der Waals surface area contributed by atoms with Gasteiger partial charge in [0, 0.05) is 19.1 Å². The predicted octanol–water partition coefficient (Wildman–Crippen LogP) is 0.869. The molecule has 0 amide bonds. The Hall–Kier alpha value is -0.130.